The highest BCUT2D eigenvalue weighted by Crippen LogP contribution is 2.42. The quantitative estimate of drug-likeness (QED) is 0.878. The fourth-order valence-electron chi connectivity index (χ4n) is 3.14. The molecule has 2 nitrogen and oxygen atoms in total. The van der Waals surface area contributed by atoms with E-state index in [0.717, 1.165) is 5.92 Å². The predicted molar refractivity (Wildman–Crippen MR) is 74.3 cm³/mol. The lowest BCUT2D eigenvalue weighted by Gasteiger charge is -2.41. The fraction of sp³-hybridized carbons (Fsp3) is 0.786. The second-order valence-corrected chi connectivity index (χ2v) is 6.48. The number of nitrogens with one attached hydrogen (secondary N) is 1. The zero-order valence-electron chi connectivity index (χ0n) is 11.2. The van der Waals surface area contributed by atoms with Gasteiger partial charge in [-0.25, -0.2) is 4.98 Å². The van der Waals surface area contributed by atoms with E-state index in [9.17, 15) is 0 Å². The van der Waals surface area contributed by atoms with Crippen molar-refractivity contribution in [2.24, 2.45) is 5.92 Å². The van der Waals surface area contributed by atoms with Crippen LogP contribution in [-0.4, -0.2) is 11.0 Å². The third-order valence-corrected chi connectivity index (χ3v) is 4.81. The van der Waals surface area contributed by atoms with Gasteiger partial charge >= 0.3 is 0 Å². The van der Waals surface area contributed by atoms with Crippen LogP contribution >= 0.6 is 11.3 Å². The molecule has 1 N–H and O–H groups in total. The van der Waals surface area contributed by atoms with Crippen LogP contribution in [0.3, 0.4) is 0 Å². The molecule has 0 aromatic carbocycles. The summed E-state index contributed by atoms with van der Waals surface area (Å²) in [5, 5.41) is 7.21. The van der Waals surface area contributed by atoms with Crippen LogP contribution in [0.2, 0.25) is 0 Å². The summed E-state index contributed by atoms with van der Waals surface area (Å²) >= 11 is 1.81. The van der Waals surface area contributed by atoms with Gasteiger partial charge in [0.2, 0.25) is 0 Å². The maximum absolute atomic E-state index is 4.59. The monoisotopic (exact) mass is 252 g/mol. The summed E-state index contributed by atoms with van der Waals surface area (Å²) in [6, 6.07) is 0.523. The van der Waals surface area contributed by atoms with E-state index < -0.39 is 0 Å². The van der Waals surface area contributed by atoms with Gasteiger partial charge in [0.05, 0.1) is 5.54 Å². The second-order valence-electron chi connectivity index (χ2n) is 5.59. The van der Waals surface area contributed by atoms with Crippen LogP contribution in [0.25, 0.3) is 0 Å². The zero-order valence-corrected chi connectivity index (χ0v) is 12.0. The third-order valence-electron chi connectivity index (χ3n) is 3.84. The van der Waals surface area contributed by atoms with Crippen molar-refractivity contribution in [3.63, 3.8) is 0 Å². The Morgan fingerprint density at radius 1 is 1.59 bits per heavy atom. The van der Waals surface area contributed by atoms with Crippen LogP contribution in [0.15, 0.2) is 11.6 Å². The molecule has 3 heteroatoms. The van der Waals surface area contributed by atoms with Gasteiger partial charge in [-0.2, -0.15) is 0 Å². The van der Waals surface area contributed by atoms with Gasteiger partial charge in [0.1, 0.15) is 5.01 Å². The molecule has 96 valence electrons. The van der Waals surface area contributed by atoms with Crippen molar-refractivity contribution in [2.75, 3.05) is 0 Å². The Hall–Kier alpha value is -0.410. The number of hydrogen-bond acceptors (Lipinski definition) is 3. The van der Waals surface area contributed by atoms with Crippen molar-refractivity contribution in [3.05, 3.63) is 16.6 Å². The van der Waals surface area contributed by atoms with Crippen LogP contribution in [0.4, 0.5) is 0 Å². The van der Waals surface area contributed by atoms with Gasteiger partial charge in [-0.1, -0.05) is 26.2 Å². The van der Waals surface area contributed by atoms with Gasteiger partial charge in [0.25, 0.3) is 0 Å². The summed E-state index contributed by atoms with van der Waals surface area (Å²) in [7, 11) is 0. The molecule has 17 heavy (non-hydrogen) atoms. The summed E-state index contributed by atoms with van der Waals surface area (Å²) in [5.74, 6) is 0.860. The molecule has 2 atom stereocenters. The Bertz CT molecular complexity index is 334. The molecule has 2 rings (SSSR count). The van der Waals surface area contributed by atoms with Crippen molar-refractivity contribution < 1.29 is 0 Å². The van der Waals surface area contributed by atoms with Crippen molar-refractivity contribution in [3.8, 4) is 0 Å². The summed E-state index contributed by atoms with van der Waals surface area (Å²) in [6.45, 7) is 6.80. The van der Waals surface area contributed by atoms with E-state index in [1.165, 1.54) is 37.1 Å². The van der Waals surface area contributed by atoms with Gasteiger partial charge in [0.15, 0.2) is 0 Å². The molecule has 0 bridgehead atoms. The van der Waals surface area contributed by atoms with Gasteiger partial charge < -0.3 is 5.32 Å². The first-order valence-corrected chi connectivity index (χ1v) is 7.72. The minimum atomic E-state index is 0.154. The Balaban J connectivity index is 2.23. The Morgan fingerprint density at radius 3 is 3.00 bits per heavy atom. The molecule has 0 radical (unpaired) electrons. The normalized spacial score (nSPS) is 29.8. The van der Waals surface area contributed by atoms with E-state index in [1.54, 1.807) is 0 Å². The second kappa shape index (κ2) is 5.49. The van der Waals surface area contributed by atoms with Crippen molar-refractivity contribution in [1.82, 2.24) is 10.3 Å². The van der Waals surface area contributed by atoms with Crippen LogP contribution < -0.4 is 5.32 Å². The summed E-state index contributed by atoms with van der Waals surface area (Å²) in [5.41, 5.74) is 0.154. The number of aromatic nitrogens is 1. The highest BCUT2D eigenvalue weighted by atomic mass is 32.1. The molecule has 0 saturated heterocycles. The van der Waals surface area contributed by atoms with Crippen LogP contribution in [0.5, 0.6) is 0 Å². The van der Waals surface area contributed by atoms with E-state index in [2.05, 4.69) is 36.5 Å². The highest BCUT2D eigenvalue weighted by molar-refractivity contribution is 7.09. The van der Waals surface area contributed by atoms with Gasteiger partial charge in [-0.15, -0.1) is 11.3 Å². The molecule has 1 saturated carbocycles. The molecule has 1 aromatic heterocycles. The molecule has 0 spiro atoms. The fourth-order valence-corrected chi connectivity index (χ4v) is 3.98. The number of hydrogen-bond donors (Lipinski definition) is 1. The average Bonchev–Trinajstić information content (AvgIpc) is 2.82. The smallest absolute Gasteiger partial charge is 0.113 e. The lowest BCUT2D eigenvalue weighted by atomic mass is 9.74. The van der Waals surface area contributed by atoms with Crippen molar-refractivity contribution >= 4 is 11.3 Å². The van der Waals surface area contributed by atoms with Gasteiger partial charge in [-0.3, -0.25) is 0 Å². The average molecular weight is 252 g/mol. The SMILES string of the molecule is CCC1CCCC(NC(C)C)(c2nccs2)C1. The molecule has 1 aromatic rings. The summed E-state index contributed by atoms with van der Waals surface area (Å²) in [6.07, 6.45) is 8.47. The standard InChI is InChI=1S/C14H24N2S/c1-4-12-6-5-7-14(10-12,16-11(2)3)13-15-8-9-17-13/h8-9,11-12,16H,4-7,10H2,1-3H3. The number of nitrogens with zero attached hydrogens (tertiary/aromatic N) is 1. The minimum Gasteiger partial charge on any atom is -0.303 e. The lowest BCUT2D eigenvalue weighted by Crippen LogP contribution is -2.49. The topological polar surface area (TPSA) is 24.9 Å². The van der Waals surface area contributed by atoms with Gasteiger partial charge in [0, 0.05) is 17.6 Å². The number of rotatable bonds is 4. The molecule has 1 aliphatic carbocycles. The maximum Gasteiger partial charge on any atom is 0.113 e. The van der Waals surface area contributed by atoms with Crippen molar-refractivity contribution in [2.45, 2.75) is 64.5 Å². The van der Waals surface area contributed by atoms with E-state index in [0.29, 0.717) is 6.04 Å². The largest absolute Gasteiger partial charge is 0.303 e. The van der Waals surface area contributed by atoms with Crippen LogP contribution in [0, 0.1) is 5.92 Å². The molecule has 0 aliphatic heterocycles. The van der Waals surface area contributed by atoms with Gasteiger partial charge in [-0.05, 0) is 32.6 Å². The van der Waals surface area contributed by atoms with E-state index in [4.69, 9.17) is 0 Å². The van der Waals surface area contributed by atoms with Crippen LogP contribution in [-0.2, 0) is 5.54 Å². The summed E-state index contributed by atoms with van der Waals surface area (Å²) < 4.78 is 0. The Kier molecular flexibility index (Phi) is 4.21. The lowest BCUT2D eigenvalue weighted by molar-refractivity contribution is 0.163. The number of thiazole rings is 1. The van der Waals surface area contributed by atoms with E-state index in [-0.39, 0.29) is 5.54 Å². The first-order valence-electron chi connectivity index (χ1n) is 6.84. The molecule has 1 aliphatic rings. The molecular weight excluding hydrogens is 228 g/mol. The van der Waals surface area contributed by atoms with E-state index in [1.807, 2.05) is 17.5 Å². The predicted octanol–water partition coefficient (Wildman–Crippen LogP) is 3.94. The van der Waals surface area contributed by atoms with E-state index >= 15 is 0 Å². The first kappa shape index (κ1) is 13.0. The Morgan fingerprint density at radius 2 is 2.41 bits per heavy atom. The zero-order chi connectivity index (χ0) is 12.3. The highest BCUT2D eigenvalue weighted by Gasteiger charge is 2.39. The molecule has 1 heterocycles. The minimum absolute atomic E-state index is 0.154. The van der Waals surface area contributed by atoms with Crippen LogP contribution in [0.1, 0.15) is 57.9 Å². The molecule has 2 unspecified atom stereocenters. The maximum atomic E-state index is 4.59. The summed E-state index contributed by atoms with van der Waals surface area (Å²) in [4.78, 5) is 4.59. The Labute approximate surface area is 109 Å². The van der Waals surface area contributed by atoms with Crippen molar-refractivity contribution in [1.29, 1.82) is 0 Å². The molecular formula is C14H24N2S. The first-order chi connectivity index (χ1) is 8.16. The third kappa shape index (κ3) is 2.89. The molecule has 0 amide bonds. The molecule has 1 fully saturated rings.